The molecule has 0 radical (unpaired) electrons. The second-order valence-electron chi connectivity index (χ2n) is 8.37. The molecule has 0 bridgehead atoms. The standard InChI is InChI=1S/C25H22N6O4/c1-15-14-30(24(34)16-5-3-2-4-6-16)9-10-31(15)25(35)23(33)18-11-29-21-17(18)7-8-26-22(21)19-12-28-20(32)13-27-19/h2-8,11-13,15,29H,9-10,14H2,1H3,(H,28,32). The molecule has 10 heteroatoms. The Balaban J connectivity index is 1.35. The number of benzene rings is 1. The number of hydrogen-bond acceptors (Lipinski definition) is 6. The Hall–Kier alpha value is -4.60. The van der Waals surface area contributed by atoms with Crippen molar-refractivity contribution in [3.05, 3.63) is 82.7 Å². The predicted octanol–water partition coefficient (Wildman–Crippen LogP) is 1.87. The van der Waals surface area contributed by atoms with E-state index in [0.717, 1.165) is 6.20 Å². The minimum atomic E-state index is -0.641. The molecule has 0 saturated carbocycles. The van der Waals surface area contributed by atoms with Gasteiger partial charge >= 0.3 is 0 Å². The maximum Gasteiger partial charge on any atom is 0.295 e. The third-order valence-electron chi connectivity index (χ3n) is 6.15. The van der Waals surface area contributed by atoms with E-state index < -0.39 is 11.7 Å². The van der Waals surface area contributed by atoms with Crippen molar-refractivity contribution in [2.24, 2.45) is 0 Å². The highest BCUT2D eigenvalue weighted by Gasteiger charge is 2.34. The second kappa shape index (κ2) is 8.98. The quantitative estimate of drug-likeness (QED) is 0.346. The lowest BCUT2D eigenvalue weighted by Gasteiger charge is -2.39. The van der Waals surface area contributed by atoms with Crippen LogP contribution in [0.25, 0.3) is 22.3 Å². The van der Waals surface area contributed by atoms with Crippen molar-refractivity contribution in [3.8, 4) is 11.4 Å². The number of nitrogens with zero attached hydrogens (tertiary/aromatic N) is 4. The topological polar surface area (TPSA) is 132 Å². The van der Waals surface area contributed by atoms with E-state index in [4.69, 9.17) is 0 Å². The van der Waals surface area contributed by atoms with E-state index in [0.29, 0.717) is 40.9 Å². The fraction of sp³-hybridized carbons (Fsp3) is 0.200. The first kappa shape index (κ1) is 22.2. The number of aromatic amines is 2. The maximum absolute atomic E-state index is 13.2. The van der Waals surface area contributed by atoms with E-state index >= 15 is 0 Å². The average molecular weight is 470 g/mol. The van der Waals surface area contributed by atoms with E-state index in [9.17, 15) is 19.2 Å². The summed E-state index contributed by atoms with van der Waals surface area (Å²) in [5.41, 5.74) is 1.90. The third kappa shape index (κ3) is 4.10. The first-order valence-electron chi connectivity index (χ1n) is 11.1. The van der Waals surface area contributed by atoms with Crippen molar-refractivity contribution in [1.82, 2.24) is 29.7 Å². The minimum absolute atomic E-state index is 0.0941. The van der Waals surface area contributed by atoms with Crippen LogP contribution in [-0.2, 0) is 4.79 Å². The van der Waals surface area contributed by atoms with Gasteiger partial charge < -0.3 is 19.8 Å². The van der Waals surface area contributed by atoms with Gasteiger partial charge in [0.25, 0.3) is 23.2 Å². The molecule has 1 fully saturated rings. The molecule has 0 aliphatic carbocycles. The number of H-pyrrole nitrogens is 2. The smallest absolute Gasteiger partial charge is 0.295 e. The van der Waals surface area contributed by atoms with Crippen LogP contribution in [0.15, 0.2) is 66.0 Å². The van der Waals surface area contributed by atoms with E-state index in [1.54, 1.807) is 23.1 Å². The van der Waals surface area contributed by atoms with Crippen LogP contribution >= 0.6 is 0 Å². The fourth-order valence-electron chi connectivity index (χ4n) is 4.36. The van der Waals surface area contributed by atoms with Crippen LogP contribution in [0, 0.1) is 0 Å². The largest absolute Gasteiger partial charge is 0.359 e. The Bertz CT molecular complexity index is 1470. The summed E-state index contributed by atoms with van der Waals surface area (Å²) >= 11 is 0. The summed E-state index contributed by atoms with van der Waals surface area (Å²) in [5, 5.41) is 0.534. The number of carbonyl (C=O) groups excluding carboxylic acids is 3. The van der Waals surface area contributed by atoms with Crippen LogP contribution in [0.3, 0.4) is 0 Å². The monoisotopic (exact) mass is 470 g/mol. The Labute approximate surface area is 199 Å². The molecule has 3 aromatic heterocycles. The molecule has 1 unspecified atom stereocenters. The lowest BCUT2D eigenvalue weighted by atomic mass is 10.1. The number of carbonyl (C=O) groups is 3. The summed E-state index contributed by atoms with van der Waals surface area (Å²) in [6.07, 6.45) is 5.60. The van der Waals surface area contributed by atoms with Gasteiger partial charge in [0.1, 0.15) is 11.4 Å². The summed E-state index contributed by atoms with van der Waals surface area (Å²) in [6, 6.07) is 10.3. The lowest BCUT2D eigenvalue weighted by Crippen LogP contribution is -2.56. The normalized spacial score (nSPS) is 15.9. The van der Waals surface area contributed by atoms with Crippen LogP contribution < -0.4 is 5.56 Å². The zero-order chi connectivity index (χ0) is 24.5. The third-order valence-corrected chi connectivity index (χ3v) is 6.15. The Kier molecular flexibility index (Phi) is 5.69. The van der Waals surface area contributed by atoms with Gasteiger partial charge in [0, 0.05) is 55.2 Å². The molecule has 1 aliphatic rings. The van der Waals surface area contributed by atoms with Crippen molar-refractivity contribution in [2.45, 2.75) is 13.0 Å². The average Bonchev–Trinajstić information content (AvgIpc) is 3.33. The van der Waals surface area contributed by atoms with Crippen LogP contribution in [0.2, 0.25) is 0 Å². The molecule has 176 valence electrons. The number of amides is 2. The number of pyridine rings is 1. The van der Waals surface area contributed by atoms with Crippen LogP contribution in [0.5, 0.6) is 0 Å². The van der Waals surface area contributed by atoms with Crippen LogP contribution in [0.4, 0.5) is 0 Å². The number of ketones is 1. The molecule has 1 saturated heterocycles. The van der Waals surface area contributed by atoms with Gasteiger partial charge in [0.05, 0.1) is 17.3 Å². The van der Waals surface area contributed by atoms with Crippen molar-refractivity contribution < 1.29 is 14.4 Å². The molecular formula is C25H22N6O4. The van der Waals surface area contributed by atoms with Crippen molar-refractivity contribution in [3.63, 3.8) is 0 Å². The number of fused-ring (bicyclic) bond motifs is 1. The van der Waals surface area contributed by atoms with Crippen LogP contribution in [-0.4, -0.2) is 73.0 Å². The van der Waals surface area contributed by atoms with Crippen molar-refractivity contribution in [2.75, 3.05) is 19.6 Å². The van der Waals surface area contributed by atoms with Gasteiger partial charge in [-0.15, -0.1) is 0 Å². The number of aromatic nitrogens is 4. The SMILES string of the molecule is CC1CN(C(=O)c2ccccc2)CCN1C(=O)C(=O)c1c[nH]c2c(-c3c[nH]c(=O)cn3)nccc12. The minimum Gasteiger partial charge on any atom is -0.359 e. The molecule has 4 heterocycles. The summed E-state index contributed by atoms with van der Waals surface area (Å²) in [6.45, 7) is 2.78. The molecule has 4 aromatic rings. The van der Waals surface area contributed by atoms with Crippen LogP contribution in [0.1, 0.15) is 27.6 Å². The predicted molar refractivity (Wildman–Crippen MR) is 128 cm³/mol. The van der Waals surface area contributed by atoms with Gasteiger partial charge in [0.2, 0.25) is 0 Å². The Morgan fingerprint density at radius 2 is 1.80 bits per heavy atom. The number of hydrogen-bond donors (Lipinski definition) is 2. The summed E-state index contributed by atoms with van der Waals surface area (Å²) < 4.78 is 0. The first-order chi connectivity index (χ1) is 16.9. The fourth-order valence-corrected chi connectivity index (χ4v) is 4.36. The van der Waals surface area contributed by atoms with E-state index in [2.05, 4.69) is 19.9 Å². The van der Waals surface area contributed by atoms with Crippen molar-refractivity contribution in [1.29, 1.82) is 0 Å². The Morgan fingerprint density at radius 3 is 2.51 bits per heavy atom. The maximum atomic E-state index is 13.2. The highest BCUT2D eigenvalue weighted by molar-refractivity contribution is 6.45. The summed E-state index contributed by atoms with van der Waals surface area (Å²) in [4.78, 5) is 67.7. The molecule has 2 amide bonds. The number of piperazine rings is 1. The number of rotatable bonds is 4. The van der Waals surface area contributed by atoms with E-state index in [-0.39, 0.29) is 29.6 Å². The van der Waals surface area contributed by atoms with Gasteiger partial charge in [-0.3, -0.25) is 24.2 Å². The zero-order valence-corrected chi connectivity index (χ0v) is 18.9. The number of nitrogens with one attached hydrogen (secondary N) is 2. The van der Waals surface area contributed by atoms with Crippen molar-refractivity contribution >= 4 is 28.5 Å². The molecule has 10 nitrogen and oxygen atoms in total. The summed E-state index contributed by atoms with van der Waals surface area (Å²) in [7, 11) is 0. The first-order valence-corrected chi connectivity index (χ1v) is 11.1. The summed E-state index contributed by atoms with van der Waals surface area (Å²) in [5.74, 6) is -1.35. The molecule has 1 aromatic carbocycles. The number of Topliss-reactive ketones (excluding diaryl/α,β-unsaturated/α-hetero) is 1. The molecule has 5 rings (SSSR count). The second-order valence-corrected chi connectivity index (χ2v) is 8.37. The van der Waals surface area contributed by atoms with E-state index in [1.807, 2.05) is 25.1 Å². The van der Waals surface area contributed by atoms with Gasteiger partial charge in [-0.25, -0.2) is 4.98 Å². The molecule has 1 atom stereocenters. The highest BCUT2D eigenvalue weighted by Crippen LogP contribution is 2.27. The molecular weight excluding hydrogens is 448 g/mol. The lowest BCUT2D eigenvalue weighted by molar-refractivity contribution is -0.130. The zero-order valence-electron chi connectivity index (χ0n) is 18.9. The molecule has 35 heavy (non-hydrogen) atoms. The van der Waals surface area contributed by atoms with E-state index in [1.165, 1.54) is 23.5 Å². The van der Waals surface area contributed by atoms with Gasteiger partial charge in [-0.05, 0) is 25.1 Å². The molecule has 0 spiro atoms. The van der Waals surface area contributed by atoms with Gasteiger partial charge in [-0.2, -0.15) is 0 Å². The van der Waals surface area contributed by atoms with Gasteiger partial charge in [0.15, 0.2) is 0 Å². The van der Waals surface area contributed by atoms with Gasteiger partial charge in [-0.1, -0.05) is 18.2 Å². The molecule has 1 aliphatic heterocycles. The molecule has 2 N–H and O–H groups in total. The highest BCUT2D eigenvalue weighted by atomic mass is 16.2. The Morgan fingerprint density at radius 1 is 1.00 bits per heavy atom.